The molecule has 168 valence electrons. The molecule has 0 spiro atoms. The Bertz CT molecular complexity index is 1260. The van der Waals surface area contributed by atoms with E-state index in [0.29, 0.717) is 35.8 Å². The van der Waals surface area contributed by atoms with Gasteiger partial charge in [0.2, 0.25) is 23.3 Å². The first-order chi connectivity index (χ1) is 16.0. The number of carbonyl (C=O) groups excluding carboxylic acids is 1. The molecule has 8 heteroatoms. The summed E-state index contributed by atoms with van der Waals surface area (Å²) >= 11 is 0. The molecule has 8 nitrogen and oxygen atoms in total. The van der Waals surface area contributed by atoms with Crippen LogP contribution in [0.1, 0.15) is 37.4 Å². The van der Waals surface area contributed by atoms with Gasteiger partial charge in [0, 0.05) is 24.1 Å². The molecular weight excluding hydrogens is 420 g/mol. The van der Waals surface area contributed by atoms with Gasteiger partial charge >= 0.3 is 0 Å². The lowest BCUT2D eigenvalue weighted by molar-refractivity contribution is -0.129. The topological polar surface area (TPSA) is 93.0 Å². The number of hydrogen-bond acceptors (Lipinski definition) is 6. The molecule has 1 aliphatic carbocycles. The average Bonchev–Trinajstić information content (AvgIpc) is 3.48. The molecule has 3 aromatic rings. The number of aliphatic hydroxyl groups excluding tert-OH is 1. The van der Waals surface area contributed by atoms with Gasteiger partial charge in [-0.15, -0.1) is 0 Å². The fourth-order valence-electron chi connectivity index (χ4n) is 4.99. The summed E-state index contributed by atoms with van der Waals surface area (Å²) in [5.74, 6) is 1.64. The van der Waals surface area contributed by atoms with E-state index in [-0.39, 0.29) is 36.5 Å². The van der Waals surface area contributed by atoms with Crippen molar-refractivity contribution in [1.29, 1.82) is 0 Å². The second-order valence-electron chi connectivity index (χ2n) is 8.68. The van der Waals surface area contributed by atoms with Gasteiger partial charge in [-0.1, -0.05) is 29.4 Å². The van der Waals surface area contributed by atoms with Crippen LogP contribution in [0.15, 0.2) is 40.9 Å². The van der Waals surface area contributed by atoms with Crippen LogP contribution in [0.3, 0.4) is 0 Å². The van der Waals surface area contributed by atoms with Crippen LogP contribution in [0.5, 0.6) is 5.75 Å². The summed E-state index contributed by atoms with van der Waals surface area (Å²) in [6, 6.07) is 11.2. The molecule has 33 heavy (non-hydrogen) atoms. The van der Waals surface area contributed by atoms with Crippen LogP contribution in [0.25, 0.3) is 27.7 Å². The fraction of sp³-hybridized carbons (Fsp3) is 0.360. The molecule has 1 aliphatic heterocycles. The summed E-state index contributed by atoms with van der Waals surface area (Å²) in [5.41, 5.74) is 4.01. The van der Waals surface area contributed by atoms with Gasteiger partial charge in [0.1, 0.15) is 5.75 Å². The number of amides is 1. The predicted octanol–water partition coefficient (Wildman–Crippen LogP) is 4.18. The minimum absolute atomic E-state index is 0.00714. The molecule has 1 fully saturated rings. The smallest absolute Gasteiger partial charge is 0.247 e. The highest BCUT2D eigenvalue weighted by Gasteiger charge is 2.46. The first-order valence-corrected chi connectivity index (χ1v) is 11.0. The fourth-order valence-corrected chi connectivity index (χ4v) is 4.99. The van der Waals surface area contributed by atoms with Crippen molar-refractivity contribution in [3.8, 4) is 28.6 Å². The van der Waals surface area contributed by atoms with E-state index in [1.165, 1.54) is 0 Å². The van der Waals surface area contributed by atoms with E-state index in [0.717, 1.165) is 23.1 Å². The zero-order chi connectivity index (χ0) is 23.1. The summed E-state index contributed by atoms with van der Waals surface area (Å²) < 4.78 is 11.2. The van der Waals surface area contributed by atoms with Crippen LogP contribution in [0.4, 0.5) is 5.69 Å². The Balaban J connectivity index is 1.49. The highest BCUT2D eigenvalue weighted by molar-refractivity contribution is 5.81. The molecule has 2 aromatic carbocycles. The van der Waals surface area contributed by atoms with Crippen LogP contribution >= 0.6 is 0 Å². The number of benzene rings is 2. The summed E-state index contributed by atoms with van der Waals surface area (Å²) in [4.78, 5) is 22.4. The third-order valence-corrected chi connectivity index (χ3v) is 6.24. The highest BCUT2D eigenvalue weighted by Crippen LogP contribution is 2.49. The largest absolute Gasteiger partial charge is 0.492 e. The summed E-state index contributed by atoms with van der Waals surface area (Å²) in [7, 11) is 0. The van der Waals surface area contributed by atoms with E-state index < -0.39 is 0 Å². The van der Waals surface area contributed by atoms with Crippen LogP contribution in [0.2, 0.25) is 0 Å². The van der Waals surface area contributed by atoms with Crippen LogP contribution < -0.4 is 4.74 Å². The molecule has 2 heterocycles. The van der Waals surface area contributed by atoms with Crippen LogP contribution in [-0.2, 0) is 11.2 Å². The normalized spacial score (nSPS) is 19.0. The maximum atomic E-state index is 12.4. The van der Waals surface area contributed by atoms with Crippen LogP contribution in [-0.4, -0.2) is 45.3 Å². The lowest BCUT2D eigenvalue weighted by Gasteiger charge is -2.24. The van der Waals surface area contributed by atoms with Crippen LogP contribution in [0, 0.1) is 12.5 Å². The van der Waals surface area contributed by atoms with Crippen molar-refractivity contribution < 1.29 is 19.2 Å². The minimum Gasteiger partial charge on any atom is -0.492 e. The maximum Gasteiger partial charge on any atom is 0.247 e. The van der Waals surface area contributed by atoms with Crippen molar-refractivity contribution in [2.75, 3.05) is 13.2 Å². The number of ether oxygens (including phenoxy) is 1. The summed E-state index contributed by atoms with van der Waals surface area (Å²) in [5, 5.41) is 13.6. The van der Waals surface area contributed by atoms with E-state index >= 15 is 0 Å². The van der Waals surface area contributed by atoms with Gasteiger partial charge in [-0.3, -0.25) is 4.79 Å². The number of nitrogens with zero attached hydrogens (tertiary/aromatic N) is 4. The van der Waals surface area contributed by atoms with E-state index in [1.54, 1.807) is 23.1 Å². The molecule has 1 aromatic heterocycles. The predicted molar refractivity (Wildman–Crippen MR) is 121 cm³/mol. The molecule has 2 unspecified atom stereocenters. The second kappa shape index (κ2) is 8.34. The third-order valence-electron chi connectivity index (χ3n) is 6.24. The molecule has 1 amide bonds. The van der Waals surface area contributed by atoms with Gasteiger partial charge in [-0.25, -0.2) is 4.85 Å². The number of fused-ring (bicyclic) bond motifs is 3. The lowest BCUT2D eigenvalue weighted by atomic mass is 10.0. The van der Waals surface area contributed by atoms with Gasteiger partial charge in [-0.2, -0.15) is 4.98 Å². The third kappa shape index (κ3) is 3.64. The number of rotatable bonds is 6. The first-order valence-electron chi connectivity index (χ1n) is 11.0. The van der Waals surface area contributed by atoms with Crippen molar-refractivity contribution in [1.82, 2.24) is 15.0 Å². The van der Waals surface area contributed by atoms with Crippen molar-refractivity contribution in [3.05, 3.63) is 58.9 Å². The first kappa shape index (κ1) is 21.2. The van der Waals surface area contributed by atoms with Crippen molar-refractivity contribution >= 4 is 11.6 Å². The standard InChI is InChI=1S/C25H24N4O4/c1-14(2)32-16-7-8-19(21(13-16)26-3)25-27-24(28-33-25)18-6-4-5-17-20(18)11-15-12-22(31)29(9-10-30)23(15)17/h4-8,13-15,23,30H,9-12H2,1-2H3. The van der Waals surface area contributed by atoms with Gasteiger partial charge in [0.25, 0.3) is 0 Å². The van der Waals surface area contributed by atoms with Gasteiger partial charge < -0.3 is 19.3 Å². The molecule has 2 aliphatic rings. The van der Waals surface area contributed by atoms with Gasteiger partial charge in [-0.05, 0) is 49.4 Å². The number of aliphatic hydroxyl groups is 1. The highest BCUT2D eigenvalue weighted by atomic mass is 16.5. The average molecular weight is 444 g/mol. The Morgan fingerprint density at radius 3 is 2.88 bits per heavy atom. The van der Waals surface area contributed by atoms with E-state index in [9.17, 15) is 9.90 Å². The molecule has 5 rings (SSSR count). The lowest BCUT2D eigenvalue weighted by Crippen LogP contribution is -2.30. The molecule has 0 bridgehead atoms. The summed E-state index contributed by atoms with van der Waals surface area (Å²) in [6.07, 6.45) is 1.24. The Labute approximate surface area is 191 Å². The SMILES string of the molecule is [C-]#[N+]c1cc(OC(C)C)ccc1-c1nc(-c2cccc3c2CC2CC(=O)N(CCO)C32)no1. The van der Waals surface area contributed by atoms with Crippen molar-refractivity contribution in [2.45, 2.75) is 38.8 Å². The zero-order valence-electron chi connectivity index (χ0n) is 18.5. The van der Waals surface area contributed by atoms with E-state index in [1.807, 2.05) is 32.0 Å². The molecular formula is C25H24N4O4. The Morgan fingerprint density at radius 2 is 2.12 bits per heavy atom. The number of hydrogen-bond donors (Lipinski definition) is 1. The number of likely N-dealkylation sites (tertiary alicyclic amines) is 1. The summed E-state index contributed by atoms with van der Waals surface area (Å²) in [6.45, 7) is 11.7. The van der Waals surface area contributed by atoms with Gasteiger partial charge in [0.05, 0.1) is 25.3 Å². The number of β-amino-alcohol motifs (C(OH)–C–C–N with tert-alkyl or cyclic N) is 1. The molecule has 1 N–H and O–H groups in total. The van der Waals surface area contributed by atoms with Crippen molar-refractivity contribution in [3.63, 3.8) is 0 Å². The van der Waals surface area contributed by atoms with E-state index in [4.69, 9.17) is 15.8 Å². The Morgan fingerprint density at radius 1 is 1.27 bits per heavy atom. The second-order valence-corrected chi connectivity index (χ2v) is 8.68. The number of aromatic nitrogens is 2. The monoisotopic (exact) mass is 444 g/mol. The molecule has 0 saturated carbocycles. The molecule has 0 radical (unpaired) electrons. The maximum absolute atomic E-state index is 12.4. The van der Waals surface area contributed by atoms with Gasteiger partial charge in [0.15, 0.2) is 0 Å². The number of carbonyl (C=O) groups is 1. The van der Waals surface area contributed by atoms with Crippen molar-refractivity contribution in [2.24, 2.45) is 5.92 Å². The van der Waals surface area contributed by atoms with E-state index in [2.05, 4.69) is 15.0 Å². The Hall–Kier alpha value is -3.70. The quantitative estimate of drug-likeness (QED) is 0.574. The minimum atomic E-state index is -0.0530. The molecule has 2 atom stereocenters. The zero-order valence-corrected chi connectivity index (χ0v) is 18.5. The molecule has 1 saturated heterocycles. The Kier molecular flexibility index (Phi) is 5.35.